The molecule has 20 heavy (non-hydrogen) atoms. The lowest BCUT2D eigenvalue weighted by molar-refractivity contribution is 0.0919. The van der Waals surface area contributed by atoms with E-state index in [0.717, 1.165) is 31.5 Å². The van der Waals surface area contributed by atoms with Crippen molar-refractivity contribution < 1.29 is 18.7 Å². The Morgan fingerprint density at radius 3 is 2.75 bits per heavy atom. The maximum atomic E-state index is 13.1. The summed E-state index contributed by atoms with van der Waals surface area (Å²) in [5.41, 5.74) is 0.196. The van der Waals surface area contributed by atoms with E-state index in [1.54, 1.807) is 0 Å². The van der Waals surface area contributed by atoms with E-state index in [9.17, 15) is 18.7 Å². The first kappa shape index (κ1) is 13.6. The van der Waals surface area contributed by atoms with E-state index in [4.69, 9.17) is 0 Å². The first-order valence-electron chi connectivity index (χ1n) is 6.93. The molecule has 3 rings (SSSR count). The van der Waals surface area contributed by atoms with Gasteiger partial charge in [0, 0.05) is 24.6 Å². The van der Waals surface area contributed by atoms with Gasteiger partial charge in [-0.2, -0.15) is 0 Å². The molecule has 108 valence electrons. The molecule has 1 N–H and O–H groups in total. The van der Waals surface area contributed by atoms with Gasteiger partial charge in [0.15, 0.2) is 17.4 Å². The second kappa shape index (κ2) is 5.22. The molecule has 1 aromatic rings. The van der Waals surface area contributed by atoms with Gasteiger partial charge in [0.2, 0.25) is 0 Å². The predicted molar refractivity (Wildman–Crippen MR) is 69.3 cm³/mol. The normalized spacial score (nSPS) is 29.6. The van der Waals surface area contributed by atoms with Crippen molar-refractivity contribution in [3.8, 4) is 0 Å². The molecule has 0 amide bonds. The van der Waals surface area contributed by atoms with E-state index < -0.39 is 11.6 Å². The van der Waals surface area contributed by atoms with Gasteiger partial charge in [-0.15, -0.1) is 0 Å². The number of likely N-dealkylation sites (tertiary alicyclic amines) is 1. The van der Waals surface area contributed by atoms with E-state index >= 15 is 0 Å². The number of ketones is 1. The lowest BCUT2D eigenvalue weighted by Gasteiger charge is -2.17. The topological polar surface area (TPSA) is 40.5 Å². The molecule has 3 atom stereocenters. The molecule has 0 spiro atoms. The standard InChI is InChI=1S/C15H17F2NO2/c16-12-3-1-9(5-13(12)17)15(20)8-18-6-10-2-4-14(19)11(10)7-18/h1,3,5,10-11,14,19H,2,4,6-8H2. The minimum absolute atomic E-state index is 0.196. The molecule has 1 saturated heterocycles. The Kier molecular flexibility index (Phi) is 3.56. The molecular formula is C15H17F2NO2. The van der Waals surface area contributed by atoms with Gasteiger partial charge in [0.05, 0.1) is 12.6 Å². The highest BCUT2D eigenvalue weighted by atomic mass is 19.2. The van der Waals surface area contributed by atoms with Gasteiger partial charge in [0.1, 0.15) is 0 Å². The number of carbonyl (C=O) groups is 1. The van der Waals surface area contributed by atoms with Crippen LogP contribution >= 0.6 is 0 Å². The summed E-state index contributed by atoms with van der Waals surface area (Å²) in [4.78, 5) is 14.1. The molecular weight excluding hydrogens is 264 g/mol. The predicted octanol–water partition coefficient (Wildman–Crippen LogP) is 1.85. The number of fused-ring (bicyclic) bond motifs is 1. The number of nitrogens with zero attached hydrogens (tertiary/aromatic N) is 1. The third-order valence-electron chi connectivity index (χ3n) is 4.50. The Morgan fingerprint density at radius 1 is 1.25 bits per heavy atom. The minimum Gasteiger partial charge on any atom is -0.393 e. The average molecular weight is 281 g/mol. The van der Waals surface area contributed by atoms with Gasteiger partial charge < -0.3 is 5.11 Å². The Bertz CT molecular complexity index is 535. The van der Waals surface area contributed by atoms with Crippen molar-refractivity contribution in [1.29, 1.82) is 0 Å². The maximum Gasteiger partial charge on any atom is 0.176 e. The van der Waals surface area contributed by atoms with Gasteiger partial charge in [-0.3, -0.25) is 9.69 Å². The smallest absolute Gasteiger partial charge is 0.176 e. The Hall–Kier alpha value is -1.33. The Labute approximate surface area is 116 Å². The van der Waals surface area contributed by atoms with E-state index in [0.29, 0.717) is 12.5 Å². The van der Waals surface area contributed by atoms with Crippen LogP contribution in [-0.4, -0.2) is 41.5 Å². The van der Waals surface area contributed by atoms with E-state index in [1.165, 1.54) is 6.07 Å². The lowest BCUT2D eigenvalue weighted by atomic mass is 10.00. The molecule has 0 bridgehead atoms. The minimum atomic E-state index is -0.996. The van der Waals surface area contributed by atoms with Crippen LogP contribution in [0.25, 0.3) is 0 Å². The van der Waals surface area contributed by atoms with Gasteiger partial charge in [-0.25, -0.2) is 8.78 Å². The van der Waals surface area contributed by atoms with Crippen molar-refractivity contribution in [1.82, 2.24) is 4.90 Å². The molecule has 2 aliphatic rings. The molecule has 2 fully saturated rings. The SMILES string of the molecule is O=C(CN1CC2CCC(O)C2C1)c1ccc(F)c(F)c1. The summed E-state index contributed by atoms with van der Waals surface area (Å²) in [6, 6.07) is 3.24. The summed E-state index contributed by atoms with van der Waals surface area (Å²) in [5, 5.41) is 9.83. The van der Waals surface area contributed by atoms with Crippen molar-refractivity contribution >= 4 is 5.78 Å². The largest absolute Gasteiger partial charge is 0.393 e. The number of halogens is 2. The molecule has 5 heteroatoms. The number of benzene rings is 1. The number of rotatable bonds is 3. The zero-order valence-corrected chi connectivity index (χ0v) is 11.1. The second-order valence-corrected chi connectivity index (χ2v) is 5.81. The van der Waals surface area contributed by atoms with Crippen molar-refractivity contribution in [2.45, 2.75) is 18.9 Å². The summed E-state index contributed by atoms with van der Waals surface area (Å²) in [6.45, 7) is 1.71. The van der Waals surface area contributed by atoms with E-state index in [1.807, 2.05) is 4.90 Å². The zero-order valence-electron chi connectivity index (χ0n) is 11.1. The summed E-state index contributed by atoms with van der Waals surface area (Å²) in [5.74, 6) is -1.43. The molecule has 0 radical (unpaired) electrons. The number of aliphatic hydroxyl groups excluding tert-OH is 1. The van der Waals surface area contributed by atoms with Crippen LogP contribution in [0.1, 0.15) is 23.2 Å². The molecule has 1 aromatic carbocycles. The highest BCUT2D eigenvalue weighted by molar-refractivity contribution is 5.97. The molecule has 1 saturated carbocycles. The number of carbonyl (C=O) groups excluding carboxylic acids is 1. The van der Waals surface area contributed by atoms with E-state index in [2.05, 4.69) is 0 Å². The fourth-order valence-corrected chi connectivity index (χ4v) is 3.42. The van der Waals surface area contributed by atoms with Crippen LogP contribution in [0, 0.1) is 23.5 Å². The molecule has 0 aromatic heterocycles. The summed E-state index contributed by atoms with van der Waals surface area (Å²) in [7, 11) is 0. The first-order chi connectivity index (χ1) is 9.54. The second-order valence-electron chi connectivity index (χ2n) is 5.81. The third kappa shape index (κ3) is 2.47. The number of hydrogen-bond acceptors (Lipinski definition) is 3. The quantitative estimate of drug-likeness (QED) is 0.860. The first-order valence-corrected chi connectivity index (χ1v) is 6.93. The van der Waals surface area contributed by atoms with Crippen molar-refractivity contribution in [2.75, 3.05) is 19.6 Å². The lowest BCUT2D eigenvalue weighted by Crippen LogP contribution is -2.30. The summed E-state index contributed by atoms with van der Waals surface area (Å²) >= 11 is 0. The van der Waals surface area contributed by atoms with Crippen LogP contribution in [0.4, 0.5) is 8.78 Å². The van der Waals surface area contributed by atoms with Gasteiger partial charge in [-0.1, -0.05) is 0 Å². The molecule has 1 heterocycles. The highest BCUT2D eigenvalue weighted by Gasteiger charge is 2.42. The van der Waals surface area contributed by atoms with Crippen LogP contribution in [0.3, 0.4) is 0 Å². The zero-order chi connectivity index (χ0) is 14.3. The van der Waals surface area contributed by atoms with Crippen LogP contribution < -0.4 is 0 Å². The highest BCUT2D eigenvalue weighted by Crippen LogP contribution is 2.37. The Morgan fingerprint density at radius 2 is 2.05 bits per heavy atom. The van der Waals surface area contributed by atoms with Crippen LogP contribution in [0.15, 0.2) is 18.2 Å². The number of hydrogen-bond donors (Lipinski definition) is 1. The molecule has 1 aliphatic carbocycles. The average Bonchev–Trinajstić information content (AvgIpc) is 2.95. The van der Waals surface area contributed by atoms with Crippen molar-refractivity contribution in [2.24, 2.45) is 11.8 Å². The fourth-order valence-electron chi connectivity index (χ4n) is 3.42. The monoisotopic (exact) mass is 281 g/mol. The number of Topliss-reactive ketones (excluding diaryl/α,β-unsaturated/α-hetero) is 1. The van der Waals surface area contributed by atoms with Crippen LogP contribution in [0.2, 0.25) is 0 Å². The van der Waals surface area contributed by atoms with Crippen molar-refractivity contribution in [3.63, 3.8) is 0 Å². The molecule has 3 nitrogen and oxygen atoms in total. The molecule has 3 unspecified atom stereocenters. The van der Waals surface area contributed by atoms with Gasteiger partial charge >= 0.3 is 0 Å². The van der Waals surface area contributed by atoms with Gasteiger partial charge in [-0.05, 0) is 37.0 Å². The molecule has 1 aliphatic heterocycles. The van der Waals surface area contributed by atoms with Crippen LogP contribution in [-0.2, 0) is 0 Å². The summed E-state index contributed by atoms with van der Waals surface area (Å²) < 4.78 is 26.0. The van der Waals surface area contributed by atoms with E-state index in [-0.39, 0.29) is 29.9 Å². The number of aliphatic hydroxyl groups is 1. The Balaban J connectivity index is 1.64. The van der Waals surface area contributed by atoms with Crippen molar-refractivity contribution in [3.05, 3.63) is 35.4 Å². The fraction of sp³-hybridized carbons (Fsp3) is 0.533. The van der Waals surface area contributed by atoms with Gasteiger partial charge in [0.25, 0.3) is 0 Å². The third-order valence-corrected chi connectivity index (χ3v) is 4.50. The summed E-state index contributed by atoms with van der Waals surface area (Å²) in [6.07, 6.45) is 1.59. The maximum absolute atomic E-state index is 13.1. The van der Waals surface area contributed by atoms with Crippen LogP contribution in [0.5, 0.6) is 0 Å².